The first-order valence-electron chi connectivity index (χ1n) is 6.63. The summed E-state index contributed by atoms with van der Waals surface area (Å²) in [6.45, 7) is 3.37. The summed E-state index contributed by atoms with van der Waals surface area (Å²) in [5.74, 6) is 0. The lowest BCUT2D eigenvalue weighted by atomic mass is 9.97. The predicted octanol–water partition coefficient (Wildman–Crippen LogP) is 1.59. The summed E-state index contributed by atoms with van der Waals surface area (Å²) in [5, 5.41) is 3.77. The van der Waals surface area contributed by atoms with Crippen LogP contribution in [-0.4, -0.2) is 35.1 Å². The Morgan fingerprint density at radius 3 is 2.65 bits per heavy atom. The van der Waals surface area contributed by atoms with Gasteiger partial charge in [-0.3, -0.25) is 0 Å². The van der Waals surface area contributed by atoms with Crippen molar-refractivity contribution in [2.45, 2.75) is 37.6 Å². The molecule has 0 bridgehead atoms. The average molecular weight is 232 g/mol. The Bertz CT molecular complexity index is 359. The van der Waals surface area contributed by atoms with Gasteiger partial charge in [-0.1, -0.05) is 12.8 Å². The third kappa shape index (κ3) is 2.27. The summed E-state index contributed by atoms with van der Waals surface area (Å²) >= 11 is 0. The van der Waals surface area contributed by atoms with Crippen LogP contribution in [0.5, 0.6) is 0 Å². The fourth-order valence-electron chi connectivity index (χ4n) is 3.19. The van der Waals surface area contributed by atoms with E-state index >= 15 is 0 Å². The molecule has 0 amide bonds. The first kappa shape index (κ1) is 11.0. The van der Waals surface area contributed by atoms with Crippen molar-refractivity contribution in [3.8, 4) is 0 Å². The molecule has 0 aromatic carbocycles. The van der Waals surface area contributed by atoms with Crippen molar-refractivity contribution in [2.75, 3.05) is 24.5 Å². The zero-order valence-corrected chi connectivity index (χ0v) is 10.2. The minimum Gasteiger partial charge on any atom is -0.367 e. The van der Waals surface area contributed by atoms with E-state index in [2.05, 4.69) is 20.2 Å². The van der Waals surface area contributed by atoms with Crippen molar-refractivity contribution in [1.29, 1.82) is 0 Å². The van der Waals surface area contributed by atoms with Gasteiger partial charge in [0.1, 0.15) is 6.33 Å². The van der Waals surface area contributed by atoms with Gasteiger partial charge < -0.3 is 10.2 Å². The first-order chi connectivity index (χ1) is 8.38. The molecule has 0 unspecified atom stereocenters. The Morgan fingerprint density at radius 1 is 1.12 bits per heavy atom. The number of rotatable bonds is 1. The first-order valence-corrected chi connectivity index (χ1v) is 6.63. The standard InChI is InChI=1S/C13H20N4/c1-2-5-13(4-1)10-17(7-3-6-16-13)12-8-14-11-15-9-12/h8-9,11,16H,1-7,10H2. The Balaban J connectivity index is 1.80. The molecule has 1 aromatic heterocycles. The fourth-order valence-corrected chi connectivity index (χ4v) is 3.19. The maximum absolute atomic E-state index is 4.13. The van der Waals surface area contributed by atoms with E-state index in [9.17, 15) is 0 Å². The highest BCUT2D eigenvalue weighted by Crippen LogP contribution is 2.32. The van der Waals surface area contributed by atoms with Crippen LogP contribution in [0.2, 0.25) is 0 Å². The summed E-state index contributed by atoms with van der Waals surface area (Å²) in [6, 6.07) is 0. The van der Waals surface area contributed by atoms with Crippen LogP contribution in [0.15, 0.2) is 18.7 Å². The highest BCUT2D eigenvalue weighted by Gasteiger charge is 2.36. The molecule has 1 aliphatic carbocycles. The van der Waals surface area contributed by atoms with E-state index in [1.807, 2.05) is 12.4 Å². The quantitative estimate of drug-likeness (QED) is 0.798. The predicted molar refractivity (Wildman–Crippen MR) is 68.1 cm³/mol. The van der Waals surface area contributed by atoms with E-state index in [0.29, 0.717) is 5.54 Å². The van der Waals surface area contributed by atoms with Crippen LogP contribution in [0, 0.1) is 0 Å². The van der Waals surface area contributed by atoms with Gasteiger partial charge in [0.2, 0.25) is 0 Å². The van der Waals surface area contributed by atoms with Gasteiger partial charge in [-0.25, -0.2) is 9.97 Å². The van der Waals surface area contributed by atoms with E-state index in [1.165, 1.54) is 37.8 Å². The Kier molecular flexibility index (Phi) is 2.97. The van der Waals surface area contributed by atoms with Crippen LogP contribution in [0.4, 0.5) is 5.69 Å². The molecule has 1 spiro atoms. The van der Waals surface area contributed by atoms with Gasteiger partial charge >= 0.3 is 0 Å². The van der Waals surface area contributed by atoms with Crippen LogP contribution in [0.1, 0.15) is 32.1 Å². The summed E-state index contributed by atoms with van der Waals surface area (Å²) in [4.78, 5) is 10.7. The molecule has 1 aromatic rings. The molecule has 0 radical (unpaired) electrons. The Hall–Kier alpha value is -1.16. The molecule has 92 valence electrons. The van der Waals surface area contributed by atoms with Gasteiger partial charge in [-0.2, -0.15) is 0 Å². The molecule has 1 saturated carbocycles. The van der Waals surface area contributed by atoms with Gasteiger partial charge in [-0.05, 0) is 25.8 Å². The number of anilines is 1. The van der Waals surface area contributed by atoms with Crippen LogP contribution < -0.4 is 10.2 Å². The topological polar surface area (TPSA) is 41.1 Å². The van der Waals surface area contributed by atoms with Crippen molar-refractivity contribution in [3.63, 3.8) is 0 Å². The van der Waals surface area contributed by atoms with Gasteiger partial charge in [0.25, 0.3) is 0 Å². The highest BCUT2D eigenvalue weighted by atomic mass is 15.2. The van der Waals surface area contributed by atoms with E-state index in [1.54, 1.807) is 6.33 Å². The third-order valence-electron chi connectivity index (χ3n) is 4.07. The van der Waals surface area contributed by atoms with Gasteiger partial charge in [-0.15, -0.1) is 0 Å². The van der Waals surface area contributed by atoms with Crippen molar-refractivity contribution in [1.82, 2.24) is 15.3 Å². The van der Waals surface area contributed by atoms with Gasteiger partial charge in [0.05, 0.1) is 18.1 Å². The molecule has 1 N–H and O–H groups in total. The van der Waals surface area contributed by atoms with E-state index in [0.717, 1.165) is 19.6 Å². The lowest BCUT2D eigenvalue weighted by Gasteiger charge is -2.34. The summed E-state index contributed by atoms with van der Waals surface area (Å²) in [5.41, 5.74) is 1.52. The monoisotopic (exact) mass is 232 g/mol. The summed E-state index contributed by atoms with van der Waals surface area (Å²) in [7, 11) is 0. The zero-order valence-electron chi connectivity index (χ0n) is 10.2. The second kappa shape index (κ2) is 4.61. The number of nitrogens with one attached hydrogen (secondary N) is 1. The second-order valence-corrected chi connectivity index (χ2v) is 5.29. The molecule has 3 rings (SSSR count). The van der Waals surface area contributed by atoms with Gasteiger partial charge in [0.15, 0.2) is 0 Å². The largest absolute Gasteiger partial charge is 0.367 e. The van der Waals surface area contributed by atoms with Crippen molar-refractivity contribution < 1.29 is 0 Å². The molecule has 17 heavy (non-hydrogen) atoms. The fraction of sp³-hybridized carbons (Fsp3) is 0.692. The molecule has 4 nitrogen and oxygen atoms in total. The molecule has 1 aliphatic heterocycles. The summed E-state index contributed by atoms with van der Waals surface area (Å²) < 4.78 is 0. The normalized spacial score (nSPS) is 23.9. The number of hydrogen-bond donors (Lipinski definition) is 1. The van der Waals surface area contributed by atoms with Crippen molar-refractivity contribution >= 4 is 5.69 Å². The smallest absolute Gasteiger partial charge is 0.115 e. The van der Waals surface area contributed by atoms with Crippen LogP contribution in [0.25, 0.3) is 0 Å². The lowest BCUT2D eigenvalue weighted by Crippen LogP contribution is -2.49. The number of aromatic nitrogens is 2. The molecule has 1 saturated heterocycles. The number of hydrogen-bond acceptors (Lipinski definition) is 4. The SMILES string of the molecule is c1ncc(N2CCCNC3(CCCC3)C2)cn1. The maximum Gasteiger partial charge on any atom is 0.115 e. The van der Waals surface area contributed by atoms with E-state index in [4.69, 9.17) is 0 Å². The van der Waals surface area contributed by atoms with Crippen LogP contribution >= 0.6 is 0 Å². The average Bonchev–Trinajstić information content (AvgIpc) is 2.71. The third-order valence-corrected chi connectivity index (χ3v) is 4.07. The zero-order chi connectivity index (χ0) is 11.6. The molecule has 2 fully saturated rings. The van der Waals surface area contributed by atoms with E-state index in [-0.39, 0.29) is 0 Å². The Morgan fingerprint density at radius 2 is 1.88 bits per heavy atom. The van der Waals surface area contributed by atoms with Crippen LogP contribution in [-0.2, 0) is 0 Å². The molecule has 4 heteroatoms. The molecular formula is C13H20N4. The van der Waals surface area contributed by atoms with Gasteiger partial charge in [0, 0.05) is 18.6 Å². The minimum atomic E-state index is 0.354. The van der Waals surface area contributed by atoms with Crippen LogP contribution in [0.3, 0.4) is 0 Å². The highest BCUT2D eigenvalue weighted by molar-refractivity contribution is 5.42. The summed E-state index contributed by atoms with van der Waals surface area (Å²) in [6.07, 6.45) is 12.0. The second-order valence-electron chi connectivity index (χ2n) is 5.29. The van der Waals surface area contributed by atoms with Crippen molar-refractivity contribution in [2.24, 2.45) is 0 Å². The number of nitrogens with zero attached hydrogens (tertiary/aromatic N) is 3. The van der Waals surface area contributed by atoms with E-state index < -0.39 is 0 Å². The van der Waals surface area contributed by atoms with Crippen molar-refractivity contribution in [3.05, 3.63) is 18.7 Å². The minimum absolute atomic E-state index is 0.354. The maximum atomic E-state index is 4.13. The Labute approximate surface area is 102 Å². The lowest BCUT2D eigenvalue weighted by molar-refractivity contribution is 0.354. The molecule has 0 atom stereocenters. The molecule has 2 aliphatic rings. The molecular weight excluding hydrogens is 212 g/mol. The molecule has 2 heterocycles.